The molecule has 94 valence electrons. The van der Waals surface area contributed by atoms with Crippen LogP contribution in [0.3, 0.4) is 0 Å². The number of thiophene rings is 1. The predicted octanol–water partition coefficient (Wildman–Crippen LogP) is 3.36. The monoisotopic (exact) mass is 315 g/mol. The highest BCUT2D eigenvalue weighted by molar-refractivity contribution is 9.09. The van der Waals surface area contributed by atoms with Crippen LogP contribution in [0.25, 0.3) is 0 Å². The Labute approximate surface area is 115 Å². The fourth-order valence-electron chi connectivity index (χ4n) is 2.28. The molecule has 2 unspecified atom stereocenters. The zero-order chi connectivity index (χ0) is 12.1. The van der Waals surface area contributed by atoms with E-state index < -0.39 is 0 Å². The van der Waals surface area contributed by atoms with E-state index in [2.05, 4.69) is 21.2 Å². The van der Waals surface area contributed by atoms with E-state index in [-0.39, 0.29) is 5.91 Å². The third-order valence-corrected chi connectivity index (χ3v) is 5.26. The van der Waals surface area contributed by atoms with Crippen LogP contribution in [0.1, 0.15) is 31.2 Å². The zero-order valence-corrected chi connectivity index (χ0v) is 12.2. The van der Waals surface area contributed by atoms with Gasteiger partial charge in [-0.15, -0.1) is 0 Å². The Morgan fingerprint density at radius 2 is 2.29 bits per heavy atom. The van der Waals surface area contributed by atoms with E-state index in [0.717, 1.165) is 12.1 Å². The van der Waals surface area contributed by atoms with Gasteiger partial charge < -0.3 is 5.32 Å². The summed E-state index contributed by atoms with van der Waals surface area (Å²) in [4.78, 5) is 12.3. The molecule has 1 fully saturated rings. The van der Waals surface area contributed by atoms with Crippen LogP contribution in [0.4, 0.5) is 0 Å². The molecule has 1 amide bonds. The summed E-state index contributed by atoms with van der Waals surface area (Å²) in [5.74, 6) is 0.754. The molecule has 4 heteroatoms. The Kier molecular flexibility index (Phi) is 5.04. The fraction of sp³-hybridized carbons (Fsp3) is 0.615. The fourth-order valence-corrected chi connectivity index (χ4v) is 3.72. The van der Waals surface area contributed by atoms with Gasteiger partial charge in [0, 0.05) is 11.4 Å². The maximum absolute atomic E-state index is 11.7. The van der Waals surface area contributed by atoms with Gasteiger partial charge in [0.15, 0.2) is 0 Å². The van der Waals surface area contributed by atoms with Gasteiger partial charge in [0.2, 0.25) is 5.91 Å². The molecule has 0 aromatic carbocycles. The van der Waals surface area contributed by atoms with Gasteiger partial charge in [-0.1, -0.05) is 28.8 Å². The average Bonchev–Trinajstić information content (AvgIpc) is 2.81. The van der Waals surface area contributed by atoms with Gasteiger partial charge in [-0.2, -0.15) is 11.3 Å². The summed E-state index contributed by atoms with van der Waals surface area (Å²) in [6.45, 7) is 0.818. The molecular formula is C13H18BrNOS. The van der Waals surface area contributed by atoms with E-state index in [9.17, 15) is 4.79 Å². The van der Waals surface area contributed by atoms with Crippen molar-refractivity contribution >= 4 is 33.2 Å². The third kappa shape index (κ3) is 4.11. The molecule has 0 radical (unpaired) electrons. The number of hydrogen-bond acceptors (Lipinski definition) is 2. The highest BCUT2D eigenvalue weighted by atomic mass is 79.9. The Hall–Kier alpha value is -0.350. The second kappa shape index (κ2) is 6.55. The first-order valence-electron chi connectivity index (χ1n) is 6.17. The Morgan fingerprint density at radius 3 is 3.00 bits per heavy atom. The van der Waals surface area contributed by atoms with Crippen molar-refractivity contribution in [2.24, 2.45) is 5.92 Å². The number of amides is 1. The number of hydrogen-bond donors (Lipinski definition) is 1. The van der Waals surface area contributed by atoms with Crippen molar-refractivity contribution in [1.82, 2.24) is 5.32 Å². The van der Waals surface area contributed by atoms with Crippen molar-refractivity contribution in [2.75, 3.05) is 6.54 Å². The second-order valence-corrected chi connectivity index (χ2v) is 6.63. The van der Waals surface area contributed by atoms with Gasteiger partial charge in [0.05, 0.1) is 6.42 Å². The number of rotatable bonds is 4. The van der Waals surface area contributed by atoms with E-state index in [1.165, 1.54) is 25.7 Å². The molecular weight excluding hydrogens is 298 g/mol. The van der Waals surface area contributed by atoms with Gasteiger partial charge >= 0.3 is 0 Å². The van der Waals surface area contributed by atoms with Crippen LogP contribution in [-0.2, 0) is 11.2 Å². The molecule has 0 spiro atoms. The van der Waals surface area contributed by atoms with Crippen LogP contribution in [0.2, 0.25) is 0 Å². The number of carbonyl (C=O) groups excluding carboxylic acids is 1. The maximum atomic E-state index is 11.7. The van der Waals surface area contributed by atoms with Gasteiger partial charge in [0.25, 0.3) is 0 Å². The van der Waals surface area contributed by atoms with Crippen molar-refractivity contribution in [3.8, 4) is 0 Å². The van der Waals surface area contributed by atoms with Crippen molar-refractivity contribution in [3.63, 3.8) is 0 Å². The Morgan fingerprint density at radius 1 is 1.47 bits per heavy atom. The highest BCUT2D eigenvalue weighted by Gasteiger charge is 2.22. The van der Waals surface area contributed by atoms with Crippen LogP contribution in [-0.4, -0.2) is 17.3 Å². The molecule has 1 saturated carbocycles. The van der Waals surface area contributed by atoms with E-state index in [4.69, 9.17) is 0 Å². The topological polar surface area (TPSA) is 29.1 Å². The van der Waals surface area contributed by atoms with Crippen molar-refractivity contribution in [1.29, 1.82) is 0 Å². The summed E-state index contributed by atoms with van der Waals surface area (Å²) in [5, 5.41) is 7.10. The van der Waals surface area contributed by atoms with Gasteiger partial charge in [0.1, 0.15) is 0 Å². The van der Waals surface area contributed by atoms with E-state index in [0.29, 0.717) is 17.2 Å². The summed E-state index contributed by atoms with van der Waals surface area (Å²) >= 11 is 5.36. The standard InChI is InChI=1S/C13H18BrNOS/c14-12-4-2-1-3-11(12)8-15-13(16)7-10-5-6-17-9-10/h5-6,9,11-12H,1-4,7-8H2,(H,15,16). The minimum Gasteiger partial charge on any atom is -0.355 e. The SMILES string of the molecule is O=C(Cc1ccsc1)NCC1CCCCC1Br. The smallest absolute Gasteiger partial charge is 0.224 e. The molecule has 17 heavy (non-hydrogen) atoms. The summed E-state index contributed by atoms with van der Waals surface area (Å²) in [7, 11) is 0. The van der Waals surface area contributed by atoms with Crippen molar-refractivity contribution in [2.45, 2.75) is 36.9 Å². The molecule has 1 aromatic rings. The maximum Gasteiger partial charge on any atom is 0.224 e. The zero-order valence-electron chi connectivity index (χ0n) is 9.82. The summed E-state index contributed by atoms with van der Waals surface area (Å²) in [6.07, 6.45) is 5.60. The lowest BCUT2D eigenvalue weighted by molar-refractivity contribution is -0.120. The molecule has 1 heterocycles. The van der Waals surface area contributed by atoms with Crippen LogP contribution < -0.4 is 5.32 Å². The van der Waals surface area contributed by atoms with Crippen molar-refractivity contribution in [3.05, 3.63) is 22.4 Å². The first kappa shape index (κ1) is 13.1. The normalized spacial score (nSPS) is 24.5. The van der Waals surface area contributed by atoms with Crippen LogP contribution in [0, 0.1) is 5.92 Å². The largest absolute Gasteiger partial charge is 0.355 e. The van der Waals surface area contributed by atoms with Gasteiger partial charge in [-0.25, -0.2) is 0 Å². The Bertz CT molecular complexity index is 352. The lowest BCUT2D eigenvalue weighted by Gasteiger charge is -2.27. The lowest BCUT2D eigenvalue weighted by atomic mass is 9.89. The molecule has 2 atom stereocenters. The number of nitrogens with one attached hydrogen (secondary N) is 1. The molecule has 0 bridgehead atoms. The molecule has 0 aliphatic heterocycles. The van der Waals surface area contributed by atoms with Gasteiger partial charge in [-0.05, 0) is 41.1 Å². The quantitative estimate of drug-likeness (QED) is 0.848. The minimum absolute atomic E-state index is 0.147. The van der Waals surface area contributed by atoms with Crippen LogP contribution in [0.5, 0.6) is 0 Å². The summed E-state index contributed by atoms with van der Waals surface area (Å²) < 4.78 is 0. The summed E-state index contributed by atoms with van der Waals surface area (Å²) in [6, 6.07) is 2.01. The first-order chi connectivity index (χ1) is 8.25. The van der Waals surface area contributed by atoms with Crippen LogP contribution in [0.15, 0.2) is 16.8 Å². The van der Waals surface area contributed by atoms with E-state index in [1.807, 2.05) is 16.8 Å². The first-order valence-corrected chi connectivity index (χ1v) is 8.03. The molecule has 1 aromatic heterocycles. The predicted molar refractivity (Wildman–Crippen MR) is 75.7 cm³/mol. The number of alkyl halides is 1. The average molecular weight is 316 g/mol. The molecule has 2 rings (SSSR count). The number of carbonyl (C=O) groups is 1. The molecule has 1 aliphatic rings. The highest BCUT2D eigenvalue weighted by Crippen LogP contribution is 2.29. The molecule has 1 aliphatic carbocycles. The molecule has 1 N–H and O–H groups in total. The van der Waals surface area contributed by atoms with Crippen molar-refractivity contribution < 1.29 is 4.79 Å². The molecule has 0 saturated heterocycles. The van der Waals surface area contributed by atoms with E-state index >= 15 is 0 Å². The number of halogens is 1. The van der Waals surface area contributed by atoms with Gasteiger partial charge in [-0.3, -0.25) is 4.79 Å². The lowest BCUT2D eigenvalue weighted by Crippen LogP contribution is -2.35. The van der Waals surface area contributed by atoms with E-state index in [1.54, 1.807) is 11.3 Å². The second-order valence-electron chi connectivity index (χ2n) is 4.67. The van der Waals surface area contributed by atoms with Crippen LogP contribution >= 0.6 is 27.3 Å². The minimum atomic E-state index is 0.147. The molecule has 2 nitrogen and oxygen atoms in total. The summed E-state index contributed by atoms with van der Waals surface area (Å²) in [5.41, 5.74) is 1.12. The Balaban J connectivity index is 1.72. The third-order valence-electron chi connectivity index (χ3n) is 3.32.